The minimum absolute atomic E-state index is 0.0285. The van der Waals surface area contributed by atoms with Gasteiger partial charge < -0.3 is 35.6 Å². The fourth-order valence-corrected chi connectivity index (χ4v) is 6.89. The van der Waals surface area contributed by atoms with E-state index < -0.39 is 65.4 Å². The van der Waals surface area contributed by atoms with Gasteiger partial charge in [-0.3, -0.25) is 24.0 Å². The number of rotatable bonds is 8. The van der Waals surface area contributed by atoms with E-state index in [-0.39, 0.29) is 62.4 Å². The fraction of sp³-hybridized carbons (Fsp3) is 0.828. The van der Waals surface area contributed by atoms with Crippen LogP contribution in [0.15, 0.2) is 0 Å². The van der Waals surface area contributed by atoms with E-state index in [1.807, 2.05) is 19.2 Å². The Kier molecular flexibility index (Phi) is 9.61. The normalized spacial score (nSPS) is 28.7. The molecule has 12 nitrogen and oxygen atoms in total. The number of hydrogen-bond acceptors (Lipinski definition) is 7. The van der Waals surface area contributed by atoms with Crippen LogP contribution >= 0.6 is 0 Å². The van der Waals surface area contributed by atoms with E-state index >= 15 is 0 Å². The van der Waals surface area contributed by atoms with Crippen LogP contribution in [0.2, 0.25) is 0 Å². The first-order valence-corrected chi connectivity index (χ1v) is 15.2. The van der Waals surface area contributed by atoms with Crippen molar-refractivity contribution in [1.82, 2.24) is 25.8 Å². The van der Waals surface area contributed by atoms with Gasteiger partial charge in [-0.1, -0.05) is 34.6 Å². The van der Waals surface area contributed by atoms with E-state index in [0.29, 0.717) is 19.4 Å². The second-order valence-corrected chi connectivity index (χ2v) is 14.0. The SMILES string of the molecule is CC(C)(C)[C@H](NC(=O)C(F)(F)F)C(=O)N1C[C@H]2[C@@H]([C@H]1C(=O)N[C@@H](C[C@@H]1CCCNC1=O)C(O)C(=O)N1CCOCC1)C2(C)C. The zero-order valence-electron chi connectivity index (χ0n) is 25.8. The largest absolute Gasteiger partial charge is 0.471 e. The Hall–Kier alpha value is -2.94. The van der Waals surface area contributed by atoms with E-state index in [1.54, 1.807) is 0 Å². The maximum absolute atomic E-state index is 14.0. The molecule has 0 bridgehead atoms. The number of likely N-dealkylation sites (tertiary alicyclic amines) is 1. The third-order valence-electron chi connectivity index (χ3n) is 9.63. The number of hydrogen-bond donors (Lipinski definition) is 4. The molecule has 15 heteroatoms. The number of halogens is 3. The number of alkyl halides is 3. The van der Waals surface area contributed by atoms with Crippen LogP contribution in [-0.2, 0) is 28.7 Å². The van der Waals surface area contributed by atoms with Gasteiger partial charge in [0.1, 0.15) is 12.1 Å². The zero-order chi connectivity index (χ0) is 32.8. The van der Waals surface area contributed by atoms with Gasteiger partial charge in [0.2, 0.25) is 17.7 Å². The molecule has 4 aliphatic rings. The molecule has 1 saturated carbocycles. The summed E-state index contributed by atoms with van der Waals surface area (Å²) in [6.45, 7) is 10.1. The first kappa shape index (κ1) is 33.9. The van der Waals surface area contributed by atoms with Crippen LogP contribution < -0.4 is 16.0 Å². The Morgan fingerprint density at radius 3 is 2.30 bits per heavy atom. The molecule has 4 fully saturated rings. The number of ether oxygens (including phenoxy) is 1. The molecule has 1 unspecified atom stereocenters. The summed E-state index contributed by atoms with van der Waals surface area (Å²) in [5.74, 6) is -5.67. The second-order valence-electron chi connectivity index (χ2n) is 14.0. The number of morpholine rings is 1. The second kappa shape index (κ2) is 12.5. The third kappa shape index (κ3) is 6.98. The van der Waals surface area contributed by atoms with Crippen LogP contribution in [0.5, 0.6) is 0 Å². The summed E-state index contributed by atoms with van der Waals surface area (Å²) < 4.78 is 44.8. The average Bonchev–Trinajstić information content (AvgIpc) is 3.27. The lowest BCUT2D eigenvalue weighted by Gasteiger charge is -2.38. The lowest BCUT2D eigenvalue weighted by molar-refractivity contribution is -0.176. The van der Waals surface area contributed by atoms with Gasteiger partial charge in [0.25, 0.3) is 5.91 Å². The van der Waals surface area contributed by atoms with Crippen LogP contribution in [0.25, 0.3) is 0 Å². The highest BCUT2D eigenvalue weighted by Crippen LogP contribution is 2.65. The maximum atomic E-state index is 14.0. The van der Waals surface area contributed by atoms with Crippen molar-refractivity contribution in [3.8, 4) is 0 Å². The van der Waals surface area contributed by atoms with Gasteiger partial charge in [-0.05, 0) is 41.9 Å². The molecule has 5 amide bonds. The van der Waals surface area contributed by atoms with Crippen LogP contribution in [-0.4, -0.2) is 114 Å². The molecule has 0 spiro atoms. The molecular formula is C29H44F3N5O7. The molecule has 7 atom stereocenters. The Morgan fingerprint density at radius 1 is 1.09 bits per heavy atom. The Morgan fingerprint density at radius 2 is 1.73 bits per heavy atom. The zero-order valence-corrected chi connectivity index (χ0v) is 25.8. The van der Waals surface area contributed by atoms with Gasteiger partial charge in [-0.2, -0.15) is 13.2 Å². The third-order valence-corrected chi connectivity index (χ3v) is 9.63. The number of nitrogens with zero attached hydrogens (tertiary/aromatic N) is 2. The molecule has 3 heterocycles. The minimum Gasteiger partial charge on any atom is -0.381 e. The van der Waals surface area contributed by atoms with Crippen molar-refractivity contribution >= 4 is 29.5 Å². The van der Waals surface area contributed by atoms with Gasteiger partial charge in [0.05, 0.1) is 19.3 Å². The lowest BCUT2D eigenvalue weighted by atomic mass is 9.85. The van der Waals surface area contributed by atoms with Gasteiger partial charge in [-0.25, -0.2) is 0 Å². The molecule has 44 heavy (non-hydrogen) atoms. The number of nitrogens with one attached hydrogen (secondary N) is 3. The van der Waals surface area contributed by atoms with Gasteiger partial charge in [0, 0.05) is 32.1 Å². The van der Waals surface area contributed by atoms with Crippen LogP contribution in [0.4, 0.5) is 13.2 Å². The Bertz CT molecular complexity index is 1150. The molecular weight excluding hydrogens is 587 g/mol. The summed E-state index contributed by atoms with van der Waals surface area (Å²) in [6, 6.07) is -3.88. The quantitative estimate of drug-likeness (QED) is 0.298. The van der Waals surface area contributed by atoms with Crippen LogP contribution in [0.1, 0.15) is 53.9 Å². The molecule has 0 aromatic carbocycles. The highest BCUT2D eigenvalue weighted by molar-refractivity contribution is 5.95. The lowest BCUT2D eigenvalue weighted by Crippen LogP contribution is -2.62. The first-order chi connectivity index (χ1) is 20.4. The molecule has 3 saturated heterocycles. The molecule has 0 aromatic heterocycles. The molecule has 0 radical (unpaired) electrons. The van der Waals surface area contributed by atoms with Crippen molar-refractivity contribution in [3.05, 3.63) is 0 Å². The van der Waals surface area contributed by atoms with Gasteiger partial charge >= 0.3 is 12.1 Å². The van der Waals surface area contributed by atoms with E-state index in [0.717, 1.165) is 0 Å². The summed E-state index contributed by atoms with van der Waals surface area (Å²) in [7, 11) is 0. The van der Waals surface area contributed by atoms with Crippen molar-refractivity contribution in [2.24, 2.45) is 28.6 Å². The summed E-state index contributed by atoms with van der Waals surface area (Å²) in [5.41, 5.74) is -1.48. The number of amides is 5. The number of carbonyl (C=O) groups excluding carboxylic acids is 5. The summed E-state index contributed by atoms with van der Waals surface area (Å²) in [5, 5.41) is 18.6. The number of aliphatic hydroxyl groups excluding tert-OH is 1. The highest BCUT2D eigenvalue weighted by Gasteiger charge is 2.70. The molecule has 248 valence electrons. The maximum Gasteiger partial charge on any atom is 0.471 e. The molecule has 3 aliphatic heterocycles. The molecule has 4 N–H and O–H groups in total. The standard InChI is InChI=1S/C29H44F3N5O7/c1-27(2,3)21(35-26(43)29(30,31)32)25(42)37-14-16-18(28(16,4)5)19(37)23(40)34-17(13-15-7-6-8-33-22(15)39)20(38)24(41)36-9-11-44-12-10-36/h15-21,38H,6-14H2,1-5H3,(H,33,39)(H,34,40)(H,35,43)/t15-,16-,17-,18-,19-,20?,21+/m0/s1. The van der Waals surface area contributed by atoms with Crippen molar-refractivity contribution in [3.63, 3.8) is 0 Å². The summed E-state index contributed by atoms with van der Waals surface area (Å²) in [6.07, 6.45) is -5.75. The van der Waals surface area contributed by atoms with Crippen molar-refractivity contribution < 1.29 is 47.0 Å². The number of aliphatic hydroxyl groups is 1. The predicted molar refractivity (Wildman–Crippen MR) is 149 cm³/mol. The molecule has 1 aliphatic carbocycles. The van der Waals surface area contributed by atoms with E-state index in [9.17, 15) is 42.3 Å². The summed E-state index contributed by atoms with van der Waals surface area (Å²) in [4.78, 5) is 68.3. The van der Waals surface area contributed by atoms with Crippen LogP contribution in [0, 0.1) is 28.6 Å². The average molecular weight is 632 g/mol. The highest BCUT2D eigenvalue weighted by atomic mass is 19.4. The summed E-state index contributed by atoms with van der Waals surface area (Å²) >= 11 is 0. The predicted octanol–water partition coefficient (Wildman–Crippen LogP) is 0.183. The topological polar surface area (TPSA) is 157 Å². The van der Waals surface area contributed by atoms with Crippen molar-refractivity contribution in [2.75, 3.05) is 39.4 Å². The number of carbonyl (C=O) groups is 5. The van der Waals surface area contributed by atoms with Crippen LogP contribution in [0.3, 0.4) is 0 Å². The minimum atomic E-state index is -5.21. The Balaban J connectivity index is 1.60. The number of piperidine rings is 2. The first-order valence-electron chi connectivity index (χ1n) is 15.2. The van der Waals surface area contributed by atoms with E-state index in [2.05, 4.69) is 10.6 Å². The smallest absolute Gasteiger partial charge is 0.381 e. The Labute approximate surface area is 254 Å². The van der Waals surface area contributed by atoms with Crippen molar-refractivity contribution in [2.45, 2.75) is 84.3 Å². The van der Waals surface area contributed by atoms with Gasteiger partial charge in [0.15, 0.2) is 6.10 Å². The molecule has 4 rings (SSSR count). The monoisotopic (exact) mass is 631 g/mol. The fourth-order valence-electron chi connectivity index (χ4n) is 6.89. The van der Waals surface area contributed by atoms with E-state index in [1.165, 1.54) is 30.6 Å². The van der Waals surface area contributed by atoms with Gasteiger partial charge in [-0.15, -0.1) is 0 Å². The number of fused-ring (bicyclic) bond motifs is 1. The van der Waals surface area contributed by atoms with E-state index in [4.69, 9.17) is 4.74 Å². The van der Waals surface area contributed by atoms with Crippen molar-refractivity contribution in [1.29, 1.82) is 0 Å². The molecule has 0 aromatic rings.